The van der Waals surface area contributed by atoms with E-state index in [2.05, 4.69) is 10.00 Å². The molecule has 1 amide bonds. The first kappa shape index (κ1) is 21.2. The van der Waals surface area contributed by atoms with Gasteiger partial charge in [0.05, 0.1) is 0 Å². The van der Waals surface area contributed by atoms with Gasteiger partial charge in [-0.1, -0.05) is 40.9 Å². The molecule has 0 aliphatic carbocycles. The van der Waals surface area contributed by atoms with Crippen LogP contribution in [-0.4, -0.2) is 51.7 Å². The Morgan fingerprint density at radius 3 is 2.18 bits per heavy atom. The van der Waals surface area contributed by atoms with Crippen molar-refractivity contribution < 1.29 is 18.0 Å². The molecule has 0 radical (unpaired) electrons. The molecule has 28 heavy (non-hydrogen) atoms. The van der Waals surface area contributed by atoms with Crippen molar-refractivity contribution in [3.63, 3.8) is 0 Å². The van der Waals surface area contributed by atoms with Crippen LogP contribution < -0.4 is 0 Å². The average molecular weight is 456 g/mol. The summed E-state index contributed by atoms with van der Waals surface area (Å²) in [7, 11) is 1.27. The lowest BCUT2D eigenvalue weighted by Crippen LogP contribution is -2.48. The van der Waals surface area contributed by atoms with E-state index in [0.29, 0.717) is 42.8 Å². The fourth-order valence-electron chi connectivity index (χ4n) is 3.08. The number of alkyl halides is 3. The number of benzene rings is 1. The summed E-state index contributed by atoms with van der Waals surface area (Å²) in [5.74, 6) is -0.578. The Labute approximate surface area is 174 Å². The molecule has 1 fully saturated rings. The molecule has 1 saturated heterocycles. The largest absolute Gasteiger partial charge is 0.436 e. The van der Waals surface area contributed by atoms with E-state index in [1.54, 1.807) is 18.2 Å². The van der Waals surface area contributed by atoms with Gasteiger partial charge in [-0.05, 0) is 12.1 Å². The molecule has 1 aromatic heterocycles. The summed E-state index contributed by atoms with van der Waals surface area (Å²) >= 11 is 18.2. The van der Waals surface area contributed by atoms with Gasteiger partial charge in [0.1, 0.15) is 10.7 Å². The molecular formula is C17H16Cl3F3N4O. The third-order valence-electron chi connectivity index (χ3n) is 4.56. The maximum atomic E-state index is 13.0. The van der Waals surface area contributed by atoms with E-state index >= 15 is 0 Å². The highest BCUT2D eigenvalue weighted by atomic mass is 35.5. The van der Waals surface area contributed by atoms with Gasteiger partial charge in [0.25, 0.3) is 5.91 Å². The molecule has 2 heterocycles. The standard InChI is InChI=1S/C17H16Cl3F3N4O/c1-25-14(13(20)15(24-25)17(21,22)23)16(28)27-7-5-26(6-8-27)9-10-11(18)3-2-4-12(10)19/h2-4H,5-9H2,1H3. The van der Waals surface area contributed by atoms with Crippen LogP contribution >= 0.6 is 34.8 Å². The number of nitrogens with zero attached hydrogens (tertiary/aromatic N) is 4. The highest BCUT2D eigenvalue weighted by molar-refractivity contribution is 6.36. The number of amides is 1. The summed E-state index contributed by atoms with van der Waals surface area (Å²) in [6.07, 6.45) is -4.72. The molecule has 1 aromatic carbocycles. The summed E-state index contributed by atoms with van der Waals surface area (Å²) < 4.78 is 39.8. The number of aromatic nitrogens is 2. The van der Waals surface area contributed by atoms with Crippen molar-refractivity contribution in [2.75, 3.05) is 26.2 Å². The van der Waals surface area contributed by atoms with Gasteiger partial charge in [-0.25, -0.2) is 0 Å². The van der Waals surface area contributed by atoms with Crippen molar-refractivity contribution in [2.24, 2.45) is 7.05 Å². The summed E-state index contributed by atoms with van der Waals surface area (Å²) in [6, 6.07) is 5.27. The van der Waals surface area contributed by atoms with Crippen LogP contribution in [0.5, 0.6) is 0 Å². The number of hydrogen-bond acceptors (Lipinski definition) is 3. The Hall–Kier alpha value is -1.48. The van der Waals surface area contributed by atoms with Crippen LogP contribution in [-0.2, 0) is 19.8 Å². The Balaban J connectivity index is 1.69. The summed E-state index contributed by atoms with van der Waals surface area (Å²) in [6.45, 7) is 2.24. The van der Waals surface area contributed by atoms with Gasteiger partial charge in [-0.3, -0.25) is 14.4 Å². The third-order valence-corrected chi connectivity index (χ3v) is 5.63. The maximum Gasteiger partial charge on any atom is 0.436 e. The number of halogens is 6. The summed E-state index contributed by atoms with van der Waals surface area (Å²) in [5, 5.41) is 3.81. The molecule has 0 unspecified atom stereocenters. The van der Waals surface area contributed by atoms with E-state index in [9.17, 15) is 18.0 Å². The zero-order chi connectivity index (χ0) is 20.6. The van der Waals surface area contributed by atoms with Gasteiger partial charge in [-0.15, -0.1) is 0 Å². The van der Waals surface area contributed by atoms with Gasteiger partial charge >= 0.3 is 6.18 Å². The van der Waals surface area contributed by atoms with Crippen molar-refractivity contribution in [1.29, 1.82) is 0 Å². The second-order valence-electron chi connectivity index (χ2n) is 6.40. The number of carbonyl (C=O) groups excluding carboxylic acids is 1. The fourth-order valence-corrected chi connectivity index (χ4v) is 3.94. The van der Waals surface area contributed by atoms with Crippen molar-refractivity contribution in [3.05, 3.63) is 50.2 Å². The molecule has 152 valence electrons. The minimum absolute atomic E-state index is 0.267. The molecule has 0 atom stereocenters. The van der Waals surface area contributed by atoms with E-state index in [0.717, 1.165) is 10.2 Å². The Morgan fingerprint density at radius 2 is 1.68 bits per heavy atom. The van der Waals surface area contributed by atoms with Gasteiger partial charge in [0.15, 0.2) is 5.69 Å². The predicted molar refractivity (Wildman–Crippen MR) is 101 cm³/mol. The SMILES string of the molecule is Cn1nc(C(F)(F)F)c(Cl)c1C(=O)N1CCN(Cc2c(Cl)cccc2Cl)CC1. The second-order valence-corrected chi connectivity index (χ2v) is 7.59. The zero-order valence-corrected chi connectivity index (χ0v) is 17.0. The number of carbonyl (C=O) groups is 1. The summed E-state index contributed by atoms with van der Waals surface area (Å²) in [5.41, 5.74) is -0.723. The van der Waals surface area contributed by atoms with Gasteiger partial charge in [0.2, 0.25) is 0 Å². The van der Waals surface area contributed by atoms with Crippen LogP contribution in [0, 0.1) is 0 Å². The highest BCUT2D eigenvalue weighted by Crippen LogP contribution is 2.35. The summed E-state index contributed by atoms with van der Waals surface area (Å²) in [4.78, 5) is 16.2. The first-order chi connectivity index (χ1) is 13.1. The van der Waals surface area contributed by atoms with E-state index < -0.39 is 22.8 Å². The number of piperazine rings is 1. The molecule has 0 spiro atoms. The Bertz CT molecular complexity index is 872. The lowest BCUT2D eigenvalue weighted by Gasteiger charge is -2.35. The molecule has 1 aliphatic rings. The van der Waals surface area contributed by atoms with Gasteiger partial charge in [0, 0.05) is 55.4 Å². The molecule has 0 N–H and O–H groups in total. The first-order valence-corrected chi connectivity index (χ1v) is 9.47. The van der Waals surface area contributed by atoms with Crippen LogP contribution in [0.15, 0.2) is 18.2 Å². The van der Waals surface area contributed by atoms with Crippen LogP contribution in [0.1, 0.15) is 21.7 Å². The van der Waals surface area contributed by atoms with E-state index in [-0.39, 0.29) is 5.69 Å². The van der Waals surface area contributed by atoms with Crippen molar-refractivity contribution in [1.82, 2.24) is 19.6 Å². The quantitative estimate of drug-likeness (QED) is 0.691. The fraction of sp³-hybridized carbons (Fsp3) is 0.412. The molecule has 0 bridgehead atoms. The molecule has 0 saturated carbocycles. The first-order valence-electron chi connectivity index (χ1n) is 8.33. The molecule has 1 aliphatic heterocycles. The lowest BCUT2D eigenvalue weighted by atomic mass is 10.2. The van der Waals surface area contributed by atoms with Gasteiger partial charge < -0.3 is 4.90 Å². The monoisotopic (exact) mass is 454 g/mol. The average Bonchev–Trinajstić information content (AvgIpc) is 2.93. The van der Waals surface area contributed by atoms with Crippen LogP contribution in [0.4, 0.5) is 13.2 Å². The van der Waals surface area contributed by atoms with Crippen LogP contribution in [0.2, 0.25) is 15.1 Å². The highest BCUT2D eigenvalue weighted by Gasteiger charge is 2.40. The molecule has 5 nitrogen and oxygen atoms in total. The van der Waals surface area contributed by atoms with E-state index in [4.69, 9.17) is 34.8 Å². The minimum atomic E-state index is -4.72. The van der Waals surface area contributed by atoms with Crippen molar-refractivity contribution >= 4 is 40.7 Å². The molecule has 2 aromatic rings. The zero-order valence-electron chi connectivity index (χ0n) is 14.7. The second kappa shape index (κ2) is 8.10. The Kier molecular flexibility index (Phi) is 6.14. The Morgan fingerprint density at radius 1 is 1.11 bits per heavy atom. The molecular weight excluding hydrogens is 440 g/mol. The maximum absolute atomic E-state index is 13.0. The van der Waals surface area contributed by atoms with Gasteiger partial charge in [-0.2, -0.15) is 18.3 Å². The topological polar surface area (TPSA) is 41.4 Å². The lowest BCUT2D eigenvalue weighted by molar-refractivity contribution is -0.141. The van der Waals surface area contributed by atoms with E-state index in [1.807, 2.05) is 0 Å². The number of aryl methyl sites for hydroxylation is 1. The van der Waals surface area contributed by atoms with Crippen molar-refractivity contribution in [3.8, 4) is 0 Å². The molecule has 11 heteroatoms. The smallest absolute Gasteiger partial charge is 0.335 e. The molecule has 3 rings (SSSR count). The minimum Gasteiger partial charge on any atom is -0.335 e. The van der Waals surface area contributed by atoms with Crippen molar-refractivity contribution in [2.45, 2.75) is 12.7 Å². The van der Waals surface area contributed by atoms with Crippen LogP contribution in [0.3, 0.4) is 0 Å². The van der Waals surface area contributed by atoms with E-state index in [1.165, 1.54) is 11.9 Å². The van der Waals surface area contributed by atoms with Crippen LogP contribution in [0.25, 0.3) is 0 Å². The number of rotatable bonds is 3. The normalized spacial score (nSPS) is 15.9. The predicted octanol–water partition coefficient (Wildman–Crippen LogP) is 4.36. The number of hydrogen-bond donors (Lipinski definition) is 0. The third kappa shape index (κ3) is 4.25.